The SMILES string of the molecule is O=C(NCCNc1ccc(Nc2cccnc2)nn1)c1cc(-c2ccccc2)on1. The minimum absolute atomic E-state index is 0.236. The van der Waals surface area contributed by atoms with E-state index in [-0.39, 0.29) is 11.6 Å². The van der Waals surface area contributed by atoms with Gasteiger partial charge < -0.3 is 20.5 Å². The topological polar surface area (TPSA) is 118 Å². The monoisotopic (exact) mass is 401 g/mol. The van der Waals surface area contributed by atoms with Gasteiger partial charge in [0.15, 0.2) is 17.3 Å². The maximum absolute atomic E-state index is 12.2. The van der Waals surface area contributed by atoms with Crippen LogP contribution in [0.3, 0.4) is 0 Å². The summed E-state index contributed by atoms with van der Waals surface area (Å²) in [7, 11) is 0. The van der Waals surface area contributed by atoms with Crippen molar-refractivity contribution < 1.29 is 9.32 Å². The van der Waals surface area contributed by atoms with Gasteiger partial charge in [-0.05, 0) is 24.3 Å². The summed E-state index contributed by atoms with van der Waals surface area (Å²) in [6.07, 6.45) is 3.40. The number of pyridine rings is 1. The highest BCUT2D eigenvalue weighted by Gasteiger charge is 2.13. The van der Waals surface area contributed by atoms with E-state index in [2.05, 4.69) is 36.3 Å². The summed E-state index contributed by atoms with van der Waals surface area (Å²) >= 11 is 0. The van der Waals surface area contributed by atoms with E-state index in [9.17, 15) is 4.79 Å². The number of rotatable bonds is 8. The minimum atomic E-state index is -0.301. The van der Waals surface area contributed by atoms with E-state index in [0.29, 0.717) is 30.5 Å². The van der Waals surface area contributed by atoms with Gasteiger partial charge in [-0.1, -0.05) is 35.5 Å². The molecule has 3 heterocycles. The van der Waals surface area contributed by atoms with Crippen LogP contribution in [-0.4, -0.2) is 39.3 Å². The van der Waals surface area contributed by atoms with E-state index >= 15 is 0 Å². The Balaban J connectivity index is 1.22. The first-order valence-electron chi connectivity index (χ1n) is 9.33. The van der Waals surface area contributed by atoms with Gasteiger partial charge in [-0.3, -0.25) is 9.78 Å². The maximum atomic E-state index is 12.2. The number of anilines is 3. The van der Waals surface area contributed by atoms with Gasteiger partial charge in [0.1, 0.15) is 5.82 Å². The maximum Gasteiger partial charge on any atom is 0.273 e. The van der Waals surface area contributed by atoms with Gasteiger partial charge in [-0.15, -0.1) is 10.2 Å². The van der Waals surface area contributed by atoms with Crippen molar-refractivity contribution in [3.8, 4) is 11.3 Å². The van der Waals surface area contributed by atoms with Crippen LogP contribution in [0.15, 0.2) is 77.6 Å². The largest absolute Gasteiger partial charge is 0.367 e. The number of nitrogens with one attached hydrogen (secondary N) is 3. The molecule has 0 fully saturated rings. The lowest BCUT2D eigenvalue weighted by atomic mass is 10.1. The van der Waals surface area contributed by atoms with Crippen molar-refractivity contribution in [2.24, 2.45) is 0 Å². The Hall–Kier alpha value is -4.27. The number of carbonyl (C=O) groups is 1. The molecule has 1 aromatic carbocycles. The van der Waals surface area contributed by atoms with Crippen LogP contribution in [0.4, 0.5) is 17.3 Å². The zero-order valence-corrected chi connectivity index (χ0v) is 15.9. The Morgan fingerprint density at radius 2 is 1.77 bits per heavy atom. The molecule has 0 saturated heterocycles. The Morgan fingerprint density at radius 1 is 0.933 bits per heavy atom. The zero-order chi connectivity index (χ0) is 20.6. The molecule has 0 spiro atoms. The molecule has 3 N–H and O–H groups in total. The summed E-state index contributed by atoms with van der Waals surface area (Å²) in [5.74, 6) is 1.47. The quantitative estimate of drug-likeness (QED) is 0.386. The van der Waals surface area contributed by atoms with Crippen LogP contribution in [0.25, 0.3) is 11.3 Å². The third-order valence-corrected chi connectivity index (χ3v) is 4.12. The van der Waals surface area contributed by atoms with Crippen LogP contribution in [0.1, 0.15) is 10.5 Å². The molecule has 4 rings (SSSR count). The molecule has 0 bridgehead atoms. The highest BCUT2D eigenvalue weighted by molar-refractivity contribution is 5.93. The Bertz CT molecular complexity index is 1080. The number of amides is 1. The van der Waals surface area contributed by atoms with Crippen LogP contribution in [-0.2, 0) is 0 Å². The van der Waals surface area contributed by atoms with Crippen LogP contribution in [0, 0.1) is 0 Å². The van der Waals surface area contributed by atoms with Crippen LogP contribution in [0.2, 0.25) is 0 Å². The third kappa shape index (κ3) is 4.96. The van der Waals surface area contributed by atoms with Crippen molar-refractivity contribution in [1.82, 2.24) is 25.7 Å². The molecule has 30 heavy (non-hydrogen) atoms. The molecule has 9 nitrogen and oxygen atoms in total. The van der Waals surface area contributed by atoms with Gasteiger partial charge >= 0.3 is 0 Å². The lowest BCUT2D eigenvalue weighted by molar-refractivity contribution is 0.0946. The lowest BCUT2D eigenvalue weighted by Crippen LogP contribution is -2.29. The first kappa shape index (κ1) is 19.1. The van der Waals surface area contributed by atoms with Crippen molar-refractivity contribution in [3.05, 3.63) is 78.8 Å². The van der Waals surface area contributed by atoms with E-state index in [4.69, 9.17) is 4.52 Å². The summed E-state index contributed by atoms with van der Waals surface area (Å²) in [5.41, 5.74) is 1.93. The summed E-state index contributed by atoms with van der Waals surface area (Å²) in [6.45, 7) is 0.878. The van der Waals surface area contributed by atoms with Crippen molar-refractivity contribution in [2.75, 3.05) is 23.7 Å². The third-order valence-electron chi connectivity index (χ3n) is 4.12. The normalized spacial score (nSPS) is 10.4. The number of hydrogen-bond donors (Lipinski definition) is 3. The van der Waals surface area contributed by atoms with Crippen molar-refractivity contribution >= 4 is 23.2 Å². The smallest absolute Gasteiger partial charge is 0.273 e. The van der Waals surface area contributed by atoms with Crippen LogP contribution in [0.5, 0.6) is 0 Å². The van der Waals surface area contributed by atoms with Gasteiger partial charge in [-0.25, -0.2) is 0 Å². The van der Waals surface area contributed by atoms with Crippen LogP contribution < -0.4 is 16.0 Å². The highest BCUT2D eigenvalue weighted by Crippen LogP contribution is 2.19. The fourth-order valence-electron chi connectivity index (χ4n) is 2.66. The minimum Gasteiger partial charge on any atom is -0.367 e. The molecule has 150 valence electrons. The molecule has 4 aromatic rings. The molecule has 3 aromatic heterocycles. The average Bonchev–Trinajstić information content (AvgIpc) is 3.30. The van der Waals surface area contributed by atoms with Crippen molar-refractivity contribution in [3.63, 3.8) is 0 Å². The van der Waals surface area contributed by atoms with E-state index in [1.807, 2.05) is 42.5 Å². The zero-order valence-electron chi connectivity index (χ0n) is 15.9. The first-order valence-corrected chi connectivity index (χ1v) is 9.33. The van der Waals surface area contributed by atoms with Gasteiger partial charge in [0.25, 0.3) is 5.91 Å². The predicted octanol–water partition coefficient (Wildman–Crippen LogP) is 3.11. The average molecular weight is 401 g/mol. The number of hydrogen-bond acceptors (Lipinski definition) is 8. The number of benzene rings is 1. The lowest BCUT2D eigenvalue weighted by Gasteiger charge is -2.07. The first-order chi connectivity index (χ1) is 14.8. The molecule has 0 aliphatic carbocycles. The van der Waals surface area contributed by atoms with Gasteiger partial charge in [0, 0.05) is 30.9 Å². The van der Waals surface area contributed by atoms with Gasteiger partial charge in [0.2, 0.25) is 0 Å². The van der Waals surface area contributed by atoms with Crippen LogP contribution >= 0.6 is 0 Å². The van der Waals surface area contributed by atoms with Gasteiger partial charge in [0.05, 0.1) is 11.9 Å². The molecule has 0 unspecified atom stereocenters. The van der Waals surface area contributed by atoms with E-state index in [0.717, 1.165) is 11.3 Å². The second-order valence-electron chi connectivity index (χ2n) is 6.30. The molecule has 0 radical (unpaired) electrons. The molecule has 0 saturated carbocycles. The Labute approximate surface area is 172 Å². The number of nitrogens with zero attached hydrogens (tertiary/aromatic N) is 4. The molecular formula is C21H19N7O2. The fourth-order valence-corrected chi connectivity index (χ4v) is 2.66. The molecule has 0 atom stereocenters. The summed E-state index contributed by atoms with van der Waals surface area (Å²) < 4.78 is 5.25. The molecule has 1 amide bonds. The summed E-state index contributed by atoms with van der Waals surface area (Å²) in [6, 6.07) is 18.4. The highest BCUT2D eigenvalue weighted by atomic mass is 16.5. The predicted molar refractivity (Wildman–Crippen MR) is 112 cm³/mol. The summed E-state index contributed by atoms with van der Waals surface area (Å²) in [5, 5.41) is 21.0. The second-order valence-corrected chi connectivity index (χ2v) is 6.30. The summed E-state index contributed by atoms with van der Waals surface area (Å²) in [4.78, 5) is 16.2. The molecule has 0 aliphatic heterocycles. The molecule has 9 heteroatoms. The number of aromatic nitrogens is 4. The van der Waals surface area contributed by atoms with E-state index in [1.165, 1.54) is 0 Å². The van der Waals surface area contributed by atoms with Gasteiger partial charge in [-0.2, -0.15) is 0 Å². The Morgan fingerprint density at radius 3 is 2.53 bits per heavy atom. The molecular weight excluding hydrogens is 382 g/mol. The number of carbonyl (C=O) groups excluding carboxylic acids is 1. The van der Waals surface area contributed by atoms with E-state index < -0.39 is 0 Å². The van der Waals surface area contributed by atoms with E-state index in [1.54, 1.807) is 30.6 Å². The molecule has 0 aliphatic rings. The second kappa shape index (κ2) is 9.28. The van der Waals surface area contributed by atoms with Crippen molar-refractivity contribution in [1.29, 1.82) is 0 Å². The fraction of sp³-hybridized carbons (Fsp3) is 0.0952. The standard InChI is InChI=1S/C21H19N7O2/c29-21(17-13-18(30-28-17)15-5-2-1-3-6-15)24-12-11-23-19-8-9-20(27-26-19)25-16-7-4-10-22-14-16/h1-10,13-14H,11-12H2,(H,23,26)(H,24,29)(H,25,27). The van der Waals surface area contributed by atoms with Crippen molar-refractivity contribution in [2.45, 2.75) is 0 Å². The Kier molecular flexibility index (Phi) is 5.90.